The molecule has 0 amide bonds. The van der Waals surface area contributed by atoms with Gasteiger partial charge in [-0.2, -0.15) is 0 Å². The summed E-state index contributed by atoms with van der Waals surface area (Å²) >= 11 is 1.82. The molecule has 7 heteroatoms. The van der Waals surface area contributed by atoms with E-state index in [4.69, 9.17) is 0 Å². The van der Waals surface area contributed by atoms with Crippen molar-refractivity contribution in [2.45, 2.75) is 32.2 Å². The number of hydrogen-bond donors (Lipinski definition) is 2. The third-order valence-electron chi connectivity index (χ3n) is 4.84. The average Bonchev–Trinajstić information content (AvgIpc) is 3.11. The van der Waals surface area contributed by atoms with E-state index in [1.54, 1.807) is 0 Å². The Kier molecular flexibility index (Phi) is 9.69. The number of hydrogen-bond acceptors (Lipinski definition) is 4. The number of aliphatic imine (C=N–C) groups is 1. The van der Waals surface area contributed by atoms with E-state index in [-0.39, 0.29) is 29.4 Å². The van der Waals surface area contributed by atoms with Gasteiger partial charge in [0.25, 0.3) is 0 Å². The van der Waals surface area contributed by atoms with E-state index >= 15 is 0 Å². The minimum absolute atomic E-state index is 0. The molecule has 1 fully saturated rings. The van der Waals surface area contributed by atoms with Crippen molar-refractivity contribution in [3.63, 3.8) is 0 Å². The Morgan fingerprint density at radius 3 is 2.52 bits per heavy atom. The molecular weight excluding hydrogens is 445 g/mol. The molecule has 0 spiro atoms. The molecule has 2 N–H and O–H groups in total. The fraction of sp³-hybridized carbons (Fsp3) is 0.722. The predicted molar refractivity (Wildman–Crippen MR) is 121 cm³/mol. The second-order valence-corrected chi connectivity index (χ2v) is 8.30. The van der Waals surface area contributed by atoms with E-state index < -0.39 is 0 Å². The molecule has 1 aromatic rings. The minimum Gasteiger partial charge on any atom is -0.356 e. The van der Waals surface area contributed by atoms with E-state index in [1.165, 1.54) is 4.88 Å². The molecule has 1 unspecified atom stereocenters. The predicted octanol–water partition coefficient (Wildman–Crippen LogP) is 2.44. The lowest BCUT2D eigenvalue weighted by atomic mass is 9.91. The fourth-order valence-corrected chi connectivity index (χ4v) is 3.76. The van der Waals surface area contributed by atoms with Gasteiger partial charge in [-0.1, -0.05) is 19.9 Å². The maximum absolute atomic E-state index is 4.37. The second kappa shape index (κ2) is 10.7. The molecule has 144 valence electrons. The summed E-state index contributed by atoms with van der Waals surface area (Å²) in [6.45, 7) is 13.2. The highest BCUT2D eigenvalue weighted by Crippen LogP contribution is 2.26. The van der Waals surface area contributed by atoms with Crippen LogP contribution in [0.25, 0.3) is 0 Å². The van der Waals surface area contributed by atoms with Crippen LogP contribution in [0.1, 0.15) is 25.6 Å². The lowest BCUT2D eigenvalue weighted by Crippen LogP contribution is -2.52. The highest BCUT2D eigenvalue weighted by atomic mass is 127. The van der Waals surface area contributed by atoms with Crippen LogP contribution in [-0.4, -0.2) is 75.2 Å². The fourth-order valence-electron chi connectivity index (χ4n) is 2.91. The summed E-state index contributed by atoms with van der Waals surface area (Å²) in [5.74, 6) is 0.889. The van der Waals surface area contributed by atoms with Crippen LogP contribution in [-0.2, 0) is 5.41 Å². The van der Waals surface area contributed by atoms with E-state index in [2.05, 4.69) is 70.8 Å². The van der Waals surface area contributed by atoms with Crippen molar-refractivity contribution in [3.05, 3.63) is 22.4 Å². The van der Waals surface area contributed by atoms with Gasteiger partial charge in [0.1, 0.15) is 0 Å². The average molecular weight is 479 g/mol. The Bertz CT molecular complexity index is 510. The second-order valence-electron chi connectivity index (χ2n) is 7.36. The van der Waals surface area contributed by atoms with Gasteiger partial charge >= 0.3 is 0 Å². The molecule has 1 aliphatic rings. The summed E-state index contributed by atoms with van der Waals surface area (Å²) in [6.07, 6.45) is 0. The summed E-state index contributed by atoms with van der Waals surface area (Å²) in [5, 5.41) is 9.11. The van der Waals surface area contributed by atoms with E-state index in [0.717, 1.165) is 45.2 Å². The Hall–Kier alpha value is -0.380. The van der Waals surface area contributed by atoms with Gasteiger partial charge in [-0.05, 0) is 25.4 Å². The third kappa shape index (κ3) is 7.03. The first-order valence-corrected chi connectivity index (χ1v) is 9.71. The normalized spacial score (nSPS) is 18.5. The molecule has 0 saturated carbocycles. The molecule has 0 aliphatic carbocycles. The number of nitrogens with zero attached hydrogens (tertiary/aromatic N) is 3. The molecule has 0 bridgehead atoms. The Balaban J connectivity index is 0.00000312. The Morgan fingerprint density at radius 1 is 1.28 bits per heavy atom. The maximum atomic E-state index is 4.37. The number of thiophene rings is 1. The topological polar surface area (TPSA) is 42.9 Å². The van der Waals surface area contributed by atoms with Crippen molar-refractivity contribution in [1.29, 1.82) is 0 Å². The van der Waals surface area contributed by atoms with Crippen molar-refractivity contribution >= 4 is 41.3 Å². The van der Waals surface area contributed by atoms with E-state index in [1.807, 2.05) is 18.4 Å². The lowest BCUT2D eigenvalue weighted by Gasteiger charge is -2.36. The zero-order valence-electron chi connectivity index (χ0n) is 16.2. The van der Waals surface area contributed by atoms with Gasteiger partial charge in [0, 0.05) is 62.7 Å². The van der Waals surface area contributed by atoms with Crippen LogP contribution in [0.2, 0.25) is 0 Å². The van der Waals surface area contributed by atoms with Crippen molar-refractivity contribution in [2.24, 2.45) is 4.99 Å². The summed E-state index contributed by atoms with van der Waals surface area (Å²) in [4.78, 5) is 10.7. The quantitative estimate of drug-likeness (QED) is 0.374. The number of rotatable bonds is 6. The molecule has 1 aliphatic heterocycles. The molecule has 0 aromatic carbocycles. The summed E-state index contributed by atoms with van der Waals surface area (Å²) < 4.78 is 0. The summed E-state index contributed by atoms with van der Waals surface area (Å²) in [7, 11) is 4.04. The van der Waals surface area contributed by atoms with Crippen LogP contribution < -0.4 is 10.6 Å². The van der Waals surface area contributed by atoms with Gasteiger partial charge in [0.05, 0.1) is 0 Å². The highest BCUT2D eigenvalue weighted by Gasteiger charge is 2.22. The van der Waals surface area contributed by atoms with Gasteiger partial charge < -0.3 is 15.5 Å². The summed E-state index contributed by atoms with van der Waals surface area (Å²) in [5.41, 5.74) is 0.106. The Labute approximate surface area is 174 Å². The zero-order chi connectivity index (χ0) is 17.6. The van der Waals surface area contributed by atoms with Crippen LogP contribution >= 0.6 is 35.3 Å². The van der Waals surface area contributed by atoms with Crippen molar-refractivity contribution in [2.75, 3.05) is 53.4 Å². The van der Waals surface area contributed by atoms with Gasteiger partial charge in [0.15, 0.2) is 5.96 Å². The van der Waals surface area contributed by atoms with E-state index in [0.29, 0.717) is 6.04 Å². The number of guanidine groups is 1. The monoisotopic (exact) mass is 479 g/mol. The van der Waals surface area contributed by atoms with Crippen molar-refractivity contribution < 1.29 is 0 Å². The third-order valence-corrected chi connectivity index (χ3v) is 6.07. The SMILES string of the molecule is CN=C(NCC(C)N1CCN(C)CC1)NCC(C)(C)c1cccs1.I. The summed E-state index contributed by atoms with van der Waals surface area (Å²) in [6, 6.07) is 4.84. The number of halogens is 1. The van der Waals surface area contributed by atoms with Crippen LogP contribution in [0, 0.1) is 0 Å². The molecular formula is C18H34IN5S. The molecule has 5 nitrogen and oxygen atoms in total. The first kappa shape index (κ1) is 22.7. The molecule has 1 atom stereocenters. The first-order valence-electron chi connectivity index (χ1n) is 8.83. The number of nitrogens with one attached hydrogen (secondary N) is 2. The van der Waals surface area contributed by atoms with Gasteiger partial charge in [0.2, 0.25) is 0 Å². The highest BCUT2D eigenvalue weighted by molar-refractivity contribution is 14.0. The van der Waals surface area contributed by atoms with Gasteiger partial charge in [-0.15, -0.1) is 35.3 Å². The van der Waals surface area contributed by atoms with Crippen LogP contribution in [0.4, 0.5) is 0 Å². The maximum Gasteiger partial charge on any atom is 0.191 e. The number of piperazine rings is 1. The van der Waals surface area contributed by atoms with E-state index in [9.17, 15) is 0 Å². The molecule has 2 heterocycles. The first-order chi connectivity index (χ1) is 11.4. The molecule has 1 saturated heterocycles. The molecule has 1 aromatic heterocycles. The minimum atomic E-state index is 0. The van der Waals surface area contributed by atoms with Crippen LogP contribution in [0.5, 0.6) is 0 Å². The smallest absolute Gasteiger partial charge is 0.191 e. The van der Waals surface area contributed by atoms with Crippen molar-refractivity contribution in [3.8, 4) is 0 Å². The van der Waals surface area contributed by atoms with Gasteiger partial charge in [-0.25, -0.2) is 0 Å². The standard InChI is InChI=1S/C18H33N5S.HI/c1-15(23-10-8-22(5)9-11-23)13-20-17(19-4)21-14-18(2,3)16-7-6-12-24-16;/h6-7,12,15H,8-11,13-14H2,1-5H3,(H2,19,20,21);1H. The lowest BCUT2D eigenvalue weighted by molar-refractivity contribution is 0.120. The van der Waals surface area contributed by atoms with Crippen LogP contribution in [0.3, 0.4) is 0 Å². The zero-order valence-corrected chi connectivity index (χ0v) is 19.4. The number of likely N-dealkylation sites (N-methyl/N-ethyl adjacent to an activating group) is 1. The van der Waals surface area contributed by atoms with Gasteiger partial charge in [-0.3, -0.25) is 9.89 Å². The molecule has 0 radical (unpaired) electrons. The van der Waals surface area contributed by atoms with Crippen molar-refractivity contribution in [1.82, 2.24) is 20.4 Å². The molecule has 25 heavy (non-hydrogen) atoms. The Morgan fingerprint density at radius 2 is 1.96 bits per heavy atom. The van der Waals surface area contributed by atoms with Crippen LogP contribution in [0.15, 0.2) is 22.5 Å². The molecule has 2 rings (SSSR count). The largest absolute Gasteiger partial charge is 0.356 e.